The van der Waals surface area contributed by atoms with Gasteiger partial charge >= 0.3 is 0 Å². The summed E-state index contributed by atoms with van der Waals surface area (Å²) in [6.07, 6.45) is 1.14. The third-order valence-electron chi connectivity index (χ3n) is 3.11. The smallest absolute Gasteiger partial charge is 0.0653 e. The minimum Gasteiger partial charge on any atom is -0.377 e. The number of hydrogen-bond donors (Lipinski definition) is 1. The molecule has 0 saturated carbocycles. The van der Waals surface area contributed by atoms with Gasteiger partial charge in [0.05, 0.1) is 21.0 Å². The minimum atomic E-state index is 0.377. The van der Waals surface area contributed by atoms with Crippen molar-refractivity contribution < 1.29 is 0 Å². The lowest BCUT2D eigenvalue weighted by Crippen LogP contribution is -2.19. The minimum absolute atomic E-state index is 0.377. The molecule has 1 aromatic heterocycles. The van der Waals surface area contributed by atoms with Gasteiger partial charge in [-0.25, -0.2) is 0 Å². The van der Waals surface area contributed by atoms with Crippen LogP contribution in [0.2, 0.25) is 5.02 Å². The second kappa shape index (κ2) is 5.16. The summed E-state index contributed by atoms with van der Waals surface area (Å²) >= 11 is 10.0. The highest BCUT2D eigenvalue weighted by Crippen LogP contribution is 2.45. The summed E-state index contributed by atoms with van der Waals surface area (Å²) in [5.74, 6) is 0. The zero-order valence-electron chi connectivity index (χ0n) is 10.0. The molecule has 3 rings (SSSR count). The van der Waals surface area contributed by atoms with Crippen molar-refractivity contribution in [3.63, 3.8) is 0 Å². The lowest BCUT2D eigenvalue weighted by Gasteiger charge is -2.28. The van der Waals surface area contributed by atoms with Crippen molar-refractivity contribution in [3.05, 3.63) is 46.3 Å². The number of para-hydroxylation sites is 1. The number of thiophene rings is 1. The second-order valence-electron chi connectivity index (χ2n) is 4.50. The molecule has 4 heteroatoms. The molecule has 0 radical (unpaired) electrons. The summed E-state index contributed by atoms with van der Waals surface area (Å²) in [7, 11) is 0. The molecule has 94 valence electrons. The predicted molar refractivity (Wildman–Crippen MR) is 82.1 cm³/mol. The Morgan fingerprint density at radius 1 is 1.28 bits per heavy atom. The van der Waals surface area contributed by atoms with Crippen LogP contribution < -0.4 is 5.32 Å². The predicted octanol–water partition coefficient (Wildman–Crippen LogP) is 5.44. The number of fused-ring (bicyclic) bond motifs is 1. The Morgan fingerprint density at radius 3 is 2.94 bits per heavy atom. The van der Waals surface area contributed by atoms with Gasteiger partial charge in [-0.15, -0.1) is 23.1 Å². The molecular weight excluding hydrogens is 282 g/mol. The van der Waals surface area contributed by atoms with E-state index >= 15 is 0 Å². The highest BCUT2D eigenvalue weighted by molar-refractivity contribution is 8.01. The number of anilines is 1. The van der Waals surface area contributed by atoms with E-state index in [1.165, 1.54) is 9.77 Å². The molecule has 1 aromatic carbocycles. The maximum absolute atomic E-state index is 6.22. The molecular formula is C14H14ClNS2. The summed E-state index contributed by atoms with van der Waals surface area (Å²) < 4.78 is 1.44. The van der Waals surface area contributed by atoms with E-state index in [2.05, 4.69) is 23.7 Å². The fourth-order valence-corrected chi connectivity index (χ4v) is 5.01. The molecule has 1 unspecified atom stereocenters. The summed E-state index contributed by atoms with van der Waals surface area (Å²) in [6, 6.07) is 10.6. The van der Waals surface area contributed by atoms with Crippen molar-refractivity contribution in [2.45, 2.75) is 28.8 Å². The number of nitrogens with one attached hydrogen (secondary N) is 1. The molecule has 1 aliphatic rings. The van der Waals surface area contributed by atoms with Gasteiger partial charge in [-0.2, -0.15) is 0 Å². The van der Waals surface area contributed by atoms with E-state index in [1.807, 2.05) is 47.4 Å². The highest BCUT2D eigenvalue weighted by atomic mass is 35.5. The normalized spacial score (nSPS) is 22.6. The Hall–Kier alpha value is -0.640. The van der Waals surface area contributed by atoms with Crippen molar-refractivity contribution in [3.8, 4) is 0 Å². The molecule has 2 heterocycles. The zero-order valence-corrected chi connectivity index (χ0v) is 12.4. The van der Waals surface area contributed by atoms with E-state index in [1.54, 1.807) is 0 Å². The van der Waals surface area contributed by atoms with Crippen molar-refractivity contribution in [2.24, 2.45) is 0 Å². The van der Waals surface area contributed by atoms with Crippen molar-refractivity contribution in [2.75, 3.05) is 5.32 Å². The second-order valence-corrected chi connectivity index (χ2v) is 7.53. The molecule has 2 atom stereocenters. The number of hydrogen-bond acceptors (Lipinski definition) is 3. The van der Waals surface area contributed by atoms with Gasteiger partial charge in [-0.05, 0) is 35.6 Å². The maximum atomic E-state index is 6.22. The van der Waals surface area contributed by atoms with Gasteiger partial charge in [-0.3, -0.25) is 0 Å². The van der Waals surface area contributed by atoms with Crippen molar-refractivity contribution in [1.82, 2.24) is 0 Å². The average Bonchev–Trinajstić information content (AvgIpc) is 2.80. The fourth-order valence-electron chi connectivity index (χ4n) is 2.25. The van der Waals surface area contributed by atoms with Gasteiger partial charge in [0.1, 0.15) is 0 Å². The first-order valence-corrected chi connectivity index (χ1v) is 8.13. The van der Waals surface area contributed by atoms with E-state index in [4.69, 9.17) is 11.6 Å². The lowest BCUT2D eigenvalue weighted by atomic mass is 10.0. The molecule has 0 amide bonds. The molecule has 0 aliphatic carbocycles. The van der Waals surface area contributed by atoms with Crippen LogP contribution in [-0.4, -0.2) is 5.25 Å². The summed E-state index contributed by atoms with van der Waals surface area (Å²) in [4.78, 5) is 0. The van der Waals surface area contributed by atoms with Crippen LogP contribution in [-0.2, 0) is 0 Å². The summed E-state index contributed by atoms with van der Waals surface area (Å²) in [6.45, 7) is 2.29. The zero-order chi connectivity index (χ0) is 12.5. The number of rotatable bonds is 2. The van der Waals surface area contributed by atoms with Gasteiger partial charge < -0.3 is 5.32 Å². The summed E-state index contributed by atoms with van der Waals surface area (Å²) in [5, 5.41) is 7.20. The first kappa shape index (κ1) is 12.4. The van der Waals surface area contributed by atoms with Crippen molar-refractivity contribution >= 4 is 40.4 Å². The fraction of sp³-hybridized carbons (Fsp3) is 0.286. The van der Waals surface area contributed by atoms with Gasteiger partial charge in [-0.1, -0.05) is 30.7 Å². The Balaban J connectivity index is 1.88. The van der Waals surface area contributed by atoms with Crippen LogP contribution in [0.3, 0.4) is 0 Å². The Kier molecular flexibility index (Phi) is 3.55. The molecule has 1 aliphatic heterocycles. The largest absolute Gasteiger partial charge is 0.377 e. The van der Waals surface area contributed by atoms with E-state index in [9.17, 15) is 0 Å². The standard InChI is InChI=1S/C14H14ClNS2/c1-9-8-13(10-6-7-17-14(10)18-9)16-12-5-3-2-4-11(12)15/h2-7,9,13,16H,8H2,1H3/t9-,13?/m0/s1. The first-order valence-electron chi connectivity index (χ1n) is 5.99. The van der Waals surface area contributed by atoms with Crippen LogP contribution in [0.25, 0.3) is 0 Å². The van der Waals surface area contributed by atoms with E-state index in [0.29, 0.717) is 11.3 Å². The third kappa shape index (κ3) is 2.40. The van der Waals surface area contributed by atoms with Crippen LogP contribution >= 0.6 is 34.7 Å². The number of benzene rings is 1. The Labute approximate surface area is 121 Å². The molecule has 0 saturated heterocycles. The van der Waals surface area contributed by atoms with Crippen LogP contribution in [0.5, 0.6) is 0 Å². The monoisotopic (exact) mass is 295 g/mol. The van der Waals surface area contributed by atoms with Crippen LogP contribution in [0.4, 0.5) is 5.69 Å². The van der Waals surface area contributed by atoms with Gasteiger partial charge in [0.15, 0.2) is 0 Å². The lowest BCUT2D eigenvalue weighted by molar-refractivity contribution is 0.670. The Bertz CT molecular complexity index is 552. The van der Waals surface area contributed by atoms with Gasteiger partial charge in [0.25, 0.3) is 0 Å². The van der Waals surface area contributed by atoms with E-state index in [-0.39, 0.29) is 0 Å². The topological polar surface area (TPSA) is 12.0 Å². The molecule has 1 N–H and O–H groups in total. The van der Waals surface area contributed by atoms with Crippen molar-refractivity contribution in [1.29, 1.82) is 0 Å². The van der Waals surface area contributed by atoms with E-state index < -0.39 is 0 Å². The molecule has 1 nitrogen and oxygen atoms in total. The molecule has 0 fully saturated rings. The number of halogens is 1. The highest BCUT2D eigenvalue weighted by Gasteiger charge is 2.26. The molecule has 18 heavy (non-hydrogen) atoms. The summed E-state index contributed by atoms with van der Waals surface area (Å²) in [5.41, 5.74) is 2.45. The molecule has 2 aromatic rings. The van der Waals surface area contributed by atoms with Gasteiger partial charge in [0, 0.05) is 5.25 Å². The van der Waals surface area contributed by atoms with Gasteiger partial charge in [0.2, 0.25) is 0 Å². The average molecular weight is 296 g/mol. The van der Waals surface area contributed by atoms with Crippen LogP contribution in [0.15, 0.2) is 39.9 Å². The first-order chi connectivity index (χ1) is 8.74. The maximum Gasteiger partial charge on any atom is 0.0653 e. The Morgan fingerprint density at radius 2 is 2.11 bits per heavy atom. The molecule has 0 spiro atoms. The quantitative estimate of drug-likeness (QED) is 0.792. The van der Waals surface area contributed by atoms with E-state index in [0.717, 1.165) is 17.1 Å². The van der Waals surface area contributed by atoms with Crippen LogP contribution in [0, 0.1) is 0 Å². The SMILES string of the molecule is C[C@H]1CC(Nc2ccccc2Cl)c2ccsc2S1. The number of thioether (sulfide) groups is 1. The third-order valence-corrected chi connectivity index (χ3v) is 5.79. The molecule has 0 bridgehead atoms. The van der Waals surface area contributed by atoms with Crippen LogP contribution in [0.1, 0.15) is 24.9 Å².